The maximum absolute atomic E-state index is 10.4. The summed E-state index contributed by atoms with van der Waals surface area (Å²) < 4.78 is 5.07. The van der Waals surface area contributed by atoms with Crippen LogP contribution in [0.15, 0.2) is 18.3 Å². The first kappa shape index (κ1) is 13.9. The number of nitrogens with two attached hydrogens (primary N) is 2. The summed E-state index contributed by atoms with van der Waals surface area (Å²) >= 11 is 0. The van der Waals surface area contributed by atoms with Crippen LogP contribution in [0.25, 0.3) is 0 Å². The van der Waals surface area contributed by atoms with Crippen molar-refractivity contribution in [3.05, 3.63) is 23.9 Å². The number of hydrogen-bond donors (Lipinski definition) is 3. The fourth-order valence-corrected chi connectivity index (χ4v) is 1.90. The molecule has 0 aliphatic heterocycles. The summed E-state index contributed by atoms with van der Waals surface area (Å²) in [5.74, 6) is 0.459. The number of pyridine rings is 1. The Morgan fingerprint density at radius 2 is 2.29 bits per heavy atom. The standard InChI is InChI=1S/C12H21N3O2/c1-17-9-12(16,4-2-5-13)8-10-3-6-15-11(14)7-10/h3,6-7,16H,2,4-5,8-9,13H2,1H3,(H2,14,15). The molecule has 0 saturated carbocycles. The Labute approximate surface area is 102 Å². The van der Waals surface area contributed by atoms with Crippen molar-refractivity contribution >= 4 is 5.82 Å². The molecule has 17 heavy (non-hydrogen) atoms. The van der Waals surface area contributed by atoms with Gasteiger partial charge >= 0.3 is 0 Å². The van der Waals surface area contributed by atoms with Crippen LogP contribution in [0.2, 0.25) is 0 Å². The maximum atomic E-state index is 10.4. The highest BCUT2D eigenvalue weighted by molar-refractivity contribution is 5.32. The third-order valence-electron chi connectivity index (χ3n) is 2.64. The number of methoxy groups -OCH3 is 1. The second kappa shape index (κ2) is 6.54. The molecular weight excluding hydrogens is 218 g/mol. The number of aliphatic hydroxyl groups is 1. The normalized spacial score (nSPS) is 14.5. The third-order valence-corrected chi connectivity index (χ3v) is 2.64. The number of rotatable bonds is 7. The molecule has 0 amide bonds. The van der Waals surface area contributed by atoms with E-state index in [4.69, 9.17) is 16.2 Å². The second-order valence-corrected chi connectivity index (χ2v) is 4.32. The van der Waals surface area contributed by atoms with Gasteiger partial charge in [0.1, 0.15) is 5.82 Å². The molecule has 1 aromatic heterocycles. The molecule has 0 saturated heterocycles. The van der Waals surface area contributed by atoms with Crippen LogP contribution in [0, 0.1) is 0 Å². The average molecular weight is 239 g/mol. The Kier molecular flexibility index (Phi) is 5.34. The number of hydrogen-bond acceptors (Lipinski definition) is 5. The highest BCUT2D eigenvalue weighted by Crippen LogP contribution is 2.20. The quantitative estimate of drug-likeness (QED) is 0.637. The van der Waals surface area contributed by atoms with E-state index >= 15 is 0 Å². The Morgan fingerprint density at radius 1 is 1.53 bits per heavy atom. The van der Waals surface area contributed by atoms with Gasteiger partial charge < -0.3 is 21.3 Å². The van der Waals surface area contributed by atoms with Crippen LogP contribution in [0.4, 0.5) is 5.82 Å². The van der Waals surface area contributed by atoms with E-state index in [2.05, 4.69) is 4.98 Å². The van der Waals surface area contributed by atoms with Crippen molar-refractivity contribution in [2.45, 2.75) is 24.9 Å². The van der Waals surface area contributed by atoms with E-state index in [9.17, 15) is 5.11 Å². The minimum Gasteiger partial charge on any atom is -0.387 e. The number of nitrogen functional groups attached to an aromatic ring is 1. The summed E-state index contributed by atoms with van der Waals surface area (Å²) in [5, 5.41) is 10.4. The van der Waals surface area contributed by atoms with Crippen molar-refractivity contribution in [3.63, 3.8) is 0 Å². The van der Waals surface area contributed by atoms with Crippen LogP contribution < -0.4 is 11.5 Å². The molecule has 5 nitrogen and oxygen atoms in total. The highest BCUT2D eigenvalue weighted by atomic mass is 16.5. The highest BCUT2D eigenvalue weighted by Gasteiger charge is 2.26. The lowest BCUT2D eigenvalue weighted by atomic mass is 9.91. The first-order chi connectivity index (χ1) is 8.09. The molecule has 0 aliphatic carbocycles. The van der Waals surface area contributed by atoms with Gasteiger partial charge in [0, 0.05) is 19.7 Å². The minimum atomic E-state index is -0.887. The van der Waals surface area contributed by atoms with E-state index in [1.165, 1.54) is 0 Å². The Bertz CT molecular complexity index is 346. The van der Waals surface area contributed by atoms with Crippen molar-refractivity contribution in [1.29, 1.82) is 0 Å². The molecule has 1 unspecified atom stereocenters. The molecule has 0 aliphatic rings. The first-order valence-corrected chi connectivity index (χ1v) is 5.71. The van der Waals surface area contributed by atoms with Gasteiger partial charge in [-0.2, -0.15) is 0 Å². The molecule has 96 valence electrons. The van der Waals surface area contributed by atoms with Crippen molar-refractivity contribution in [2.24, 2.45) is 5.73 Å². The van der Waals surface area contributed by atoms with Gasteiger partial charge in [-0.05, 0) is 37.1 Å². The van der Waals surface area contributed by atoms with Gasteiger partial charge in [0.15, 0.2) is 0 Å². The van der Waals surface area contributed by atoms with Gasteiger partial charge in [0.2, 0.25) is 0 Å². The van der Waals surface area contributed by atoms with Gasteiger partial charge in [-0.25, -0.2) is 4.98 Å². The summed E-state index contributed by atoms with van der Waals surface area (Å²) in [6, 6.07) is 3.61. The molecule has 1 heterocycles. The topological polar surface area (TPSA) is 94.4 Å². The zero-order valence-corrected chi connectivity index (χ0v) is 10.2. The number of nitrogens with zero attached hydrogens (tertiary/aromatic N) is 1. The molecule has 0 fully saturated rings. The predicted molar refractivity (Wildman–Crippen MR) is 67.5 cm³/mol. The van der Waals surface area contributed by atoms with Gasteiger partial charge in [-0.15, -0.1) is 0 Å². The molecule has 0 bridgehead atoms. The Hall–Kier alpha value is -1.17. The van der Waals surface area contributed by atoms with Crippen molar-refractivity contribution in [1.82, 2.24) is 4.98 Å². The summed E-state index contributed by atoms with van der Waals surface area (Å²) in [6.45, 7) is 0.847. The van der Waals surface area contributed by atoms with Crippen molar-refractivity contribution in [2.75, 3.05) is 26.0 Å². The Morgan fingerprint density at radius 3 is 2.88 bits per heavy atom. The van der Waals surface area contributed by atoms with E-state index in [-0.39, 0.29) is 6.61 Å². The zero-order valence-electron chi connectivity index (χ0n) is 10.2. The third kappa shape index (κ3) is 4.68. The first-order valence-electron chi connectivity index (χ1n) is 5.71. The molecule has 1 atom stereocenters. The van der Waals surface area contributed by atoms with Crippen LogP contribution in [0.3, 0.4) is 0 Å². The lowest BCUT2D eigenvalue weighted by Gasteiger charge is -2.27. The number of aromatic nitrogens is 1. The summed E-state index contributed by atoms with van der Waals surface area (Å²) in [7, 11) is 1.58. The van der Waals surface area contributed by atoms with Crippen LogP contribution in [-0.4, -0.2) is 36.0 Å². The smallest absolute Gasteiger partial charge is 0.123 e. The lowest BCUT2D eigenvalue weighted by molar-refractivity contribution is -0.0375. The molecule has 1 aromatic rings. The van der Waals surface area contributed by atoms with Crippen LogP contribution in [0.5, 0.6) is 0 Å². The average Bonchev–Trinajstić information content (AvgIpc) is 2.27. The molecule has 0 spiro atoms. The van der Waals surface area contributed by atoms with Crippen LogP contribution >= 0.6 is 0 Å². The maximum Gasteiger partial charge on any atom is 0.123 e. The second-order valence-electron chi connectivity index (χ2n) is 4.32. The van der Waals surface area contributed by atoms with E-state index in [1.54, 1.807) is 19.4 Å². The minimum absolute atomic E-state index is 0.287. The van der Waals surface area contributed by atoms with Crippen molar-refractivity contribution < 1.29 is 9.84 Å². The fourth-order valence-electron chi connectivity index (χ4n) is 1.90. The van der Waals surface area contributed by atoms with Gasteiger partial charge in [-0.1, -0.05) is 0 Å². The van der Waals surface area contributed by atoms with Gasteiger partial charge in [-0.3, -0.25) is 0 Å². The van der Waals surface area contributed by atoms with Crippen LogP contribution in [-0.2, 0) is 11.2 Å². The molecular formula is C12H21N3O2. The molecule has 5 N–H and O–H groups in total. The molecule has 1 rings (SSSR count). The molecule has 5 heteroatoms. The fraction of sp³-hybridized carbons (Fsp3) is 0.583. The Balaban J connectivity index is 2.71. The van der Waals surface area contributed by atoms with Gasteiger partial charge in [0.05, 0.1) is 12.2 Å². The molecule has 0 radical (unpaired) electrons. The summed E-state index contributed by atoms with van der Waals surface area (Å²) in [5.41, 5.74) is 11.1. The van der Waals surface area contributed by atoms with Crippen LogP contribution in [0.1, 0.15) is 18.4 Å². The number of anilines is 1. The largest absolute Gasteiger partial charge is 0.387 e. The zero-order chi connectivity index (χ0) is 12.7. The monoisotopic (exact) mass is 239 g/mol. The van der Waals surface area contributed by atoms with E-state index in [1.807, 2.05) is 6.07 Å². The van der Waals surface area contributed by atoms with E-state index in [0.717, 1.165) is 12.0 Å². The van der Waals surface area contributed by atoms with E-state index in [0.29, 0.717) is 25.2 Å². The summed E-state index contributed by atoms with van der Waals surface area (Å²) in [4.78, 5) is 3.92. The van der Waals surface area contributed by atoms with E-state index < -0.39 is 5.60 Å². The molecule has 0 aromatic carbocycles. The van der Waals surface area contributed by atoms with Crippen molar-refractivity contribution in [3.8, 4) is 0 Å². The van der Waals surface area contributed by atoms with Gasteiger partial charge in [0.25, 0.3) is 0 Å². The predicted octanol–water partition coefficient (Wildman–Crippen LogP) is 0.323. The SMILES string of the molecule is COCC(O)(CCCN)Cc1ccnc(N)c1. The lowest BCUT2D eigenvalue weighted by Crippen LogP contribution is -2.37. The summed E-state index contributed by atoms with van der Waals surface area (Å²) in [6.07, 6.45) is 3.51. The number of ether oxygens (including phenoxy) is 1.